The lowest BCUT2D eigenvalue weighted by atomic mass is 9.86. The second-order valence-corrected chi connectivity index (χ2v) is 5.18. The maximum Gasteiger partial charge on any atom is 0.142 e. The van der Waals surface area contributed by atoms with Gasteiger partial charge in [-0.25, -0.2) is 0 Å². The lowest BCUT2D eigenvalue weighted by Crippen LogP contribution is -2.21. The van der Waals surface area contributed by atoms with Gasteiger partial charge in [-0.1, -0.05) is 26.8 Å². The first-order chi connectivity index (χ1) is 7.90. The van der Waals surface area contributed by atoms with Crippen molar-refractivity contribution in [1.29, 1.82) is 0 Å². The van der Waals surface area contributed by atoms with Crippen LogP contribution in [-0.4, -0.2) is 27.0 Å². The van der Waals surface area contributed by atoms with Crippen LogP contribution in [0, 0.1) is 0 Å². The minimum atomic E-state index is 0.0863. The van der Waals surface area contributed by atoms with Crippen LogP contribution in [0.25, 0.3) is 0 Å². The van der Waals surface area contributed by atoms with Crippen LogP contribution < -0.4 is 9.64 Å². The molecule has 3 nitrogen and oxygen atoms in total. The Morgan fingerprint density at radius 2 is 2.00 bits per heavy atom. The molecule has 0 aliphatic heterocycles. The molecular weight excluding hydrogens is 214 g/mol. The summed E-state index contributed by atoms with van der Waals surface area (Å²) in [6, 6.07) is 6.11. The summed E-state index contributed by atoms with van der Waals surface area (Å²) in [5.74, 6) is 0.794. The van der Waals surface area contributed by atoms with Crippen LogP contribution in [0.4, 0.5) is 5.69 Å². The predicted molar refractivity (Wildman–Crippen MR) is 71.0 cm³/mol. The van der Waals surface area contributed by atoms with E-state index in [9.17, 15) is 4.79 Å². The largest absolute Gasteiger partial charge is 0.495 e. The van der Waals surface area contributed by atoms with Crippen molar-refractivity contribution in [3.8, 4) is 5.75 Å². The molecule has 1 aromatic carbocycles. The molecule has 0 aliphatic carbocycles. The highest BCUT2D eigenvalue weighted by Gasteiger charge is 2.17. The average Bonchev–Trinajstić information content (AvgIpc) is 2.27. The Labute approximate surface area is 103 Å². The van der Waals surface area contributed by atoms with Crippen LogP contribution in [0.15, 0.2) is 18.2 Å². The molecule has 0 aliphatic rings. The van der Waals surface area contributed by atoms with E-state index in [1.54, 1.807) is 7.11 Å². The van der Waals surface area contributed by atoms with E-state index in [2.05, 4.69) is 32.9 Å². The van der Waals surface area contributed by atoms with Crippen LogP contribution in [0.5, 0.6) is 5.75 Å². The summed E-state index contributed by atoms with van der Waals surface area (Å²) >= 11 is 0. The fraction of sp³-hybridized carbons (Fsp3) is 0.500. The third kappa shape index (κ3) is 3.22. The molecule has 0 aromatic heterocycles. The third-order valence-corrected chi connectivity index (χ3v) is 2.80. The van der Waals surface area contributed by atoms with Gasteiger partial charge in [0, 0.05) is 7.05 Å². The van der Waals surface area contributed by atoms with Gasteiger partial charge in [0.2, 0.25) is 0 Å². The maximum atomic E-state index is 10.6. The zero-order valence-corrected chi connectivity index (χ0v) is 11.3. The summed E-state index contributed by atoms with van der Waals surface area (Å²) in [5, 5.41) is 0. The number of carbonyl (C=O) groups is 1. The summed E-state index contributed by atoms with van der Waals surface area (Å²) in [4.78, 5) is 12.5. The number of hydrogen-bond acceptors (Lipinski definition) is 3. The molecule has 1 aromatic rings. The molecule has 0 saturated carbocycles. The number of aldehydes is 1. The van der Waals surface area contributed by atoms with Gasteiger partial charge < -0.3 is 14.4 Å². The Bertz CT molecular complexity index is 394. The molecule has 0 N–H and O–H groups in total. The second kappa shape index (κ2) is 5.21. The minimum absolute atomic E-state index is 0.0863. The number of benzene rings is 1. The van der Waals surface area contributed by atoms with Crippen molar-refractivity contribution in [2.24, 2.45) is 0 Å². The first kappa shape index (κ1) is 13.6. The van der Waals surface area contributed by atoms with Gasteiger partial charge >= 0.3 is 0 Å². The molecule has 0 unspecified atom stereocenters. The highest BCUT2D eigenvalue weighted by atomic mass is 16.5. The summed E-state index contributed by atoms with van der Waals surface area (Å²) < 4.78 is 5.32. The van der Waals surface area contributed by atoms with E-state index in [-0.39, 0.29) is 5.41 Å². The van der Waals surface area contributed by atoms with E-state index in [0.717, 1.165) is 17.7 Å². The zero-order valence-electron chi connectivity index (χ0n) is 11.3. The molecule has 0 spiro atoms. The van der Waals surface area contributed by atoms with Gasteiger partial charge in [-0.15, -0.1) is 0 Å². The molecule has 3 heteroatoms. The van der Waals surface area contributed by atoms with Crippen LogP contribution in [0.2, 0.25) is 0 Å². The molecule has 0 radical (unpaired) electrons. The molecule has 0 amide bonds. The van der Waals surface area contributed by atoms with Gasteiger partial charge in [0.15, 0.2) is 0 Å². The molecule has 1 rings (SSSR count). The SMILES string of the molecule is COc1ccc(C(C)(C)C)cc1N(C)CC=O. The lowest BCUT2D eigenvalue weighted by molar-refractivity contribution is -0.106. The Balaban J connectivity index is 3.19. The van der Waals surface area contributed by atoms with Crippen molar-refractivity contribution >= 4 is 12.0 Å². The van der Waals surface area contributed by atoms with E-state index in [1.807, 2.05) is 18.0 Å². The standard InChI is InChI=1S/C14H21NO2/c1-14(2,3)11-6-7-13(17-5)12(10-11)15(4)8-9-16/h6-7,9-10H,8H2,1-5H3. The van der Waals surface area contributed by atoms with Gasteiger partial charge in [0.1, 0.15) is 12.0 Å². The maximum absolute atomic E-state index is 10.6. The van der Waals surface area contributed by atoms with Gasteiger partial charge in [-0.3, -0.25) is 0 Å². The Morgan fingerprint density at radius 1 is 1.35 bits per heavy atom. The third-order valence-electron chi connectivity index (χ3n) is 2.80. The highest BCUT2D eigenvalue weighted by molar-refractivity contribution is 5.66. The molecular formula is C14H21NO2. The van der Waals surface area contributed by atoms with Gasteiger partial charge in [-0.05, 0) is 23.1 Å². The van der Waals surface area contributed by atoms with Crippen molar-refractivity contribution in [3.63, 3.8) is 0 Å². The van der Waals surface area contributed by atoms with Gasteiger partial charge in [-0.2, -0.15) is 0 Å². The van der Waals surface area contributed by atoms with Gasteiger partial charge in [0.25, 0.3) is 0 Å². The number of ether oxygens (including phenoxy) is 1. The van der Waals surface area contributed by atoms with Crippen molar-refractivity contribution in [3.05, 3.63) is 23.8 Å². The molecule has 0 saturated heterocycles. The van der Waals surface area contributed by atoms with Crippen LogP contribution in [-0.2, 0) is 10.2 Å². The molecule has 94 valence electrons. The van der Waals surface area contributed by atoms with Gasteiger partial charge in [0.05, 0.1) is 19.3 Å². The topological polar surface area (TPSA) is 29.5 Å². The van der Waals surface area contributed by atoms with Crippen LogP contribution >= 0.6 is 0 Å². The second-order valence-electron chi connectivity index (χ2n) is 5.18. The van der Waals surface area contributed by atoms with Crippen molar-refractivity contribution in [1.82, 2.24) is 0 Å². The fourth-order valence-electron chi connectivity index (χ4n) is 1.66. The van der Waals surface area contributed by atoms with Crippen LogP contribution in [0.3, 0.4) is 0 Å². The van der Waals surface area contributed by atoms with E-state index >= 15 is 0 Å². The van der Waals surface area contributed by atoms with E-state index in [0.29, 0.717) is 6.54 Å². The average molecular weight is 235 g/mol. The number of methoxy groups -OCH3 is 1. The van der Waals surface area contributed by atoms with E-state index < -0.39 is 0 Å². The van der Waals surface area contributed by atoms with Crippen LogP contribution in [0.1, 0.15) is 26.3 Å². The number of nitrogens with zero attached hydrogens (tertiary/aromatic N) is 1. The first-order valence-electron chi connectivity index (χ1n) is 5.73. The fourth-order valence-corrected chi connectivity index (χ4v) is 1.66. The normalized spacial score (nSPS) is 11.1. The number of likely N-dealkylation sites (N-methyl/N-ethyl adjacent to an activating group) is 1. The summed E-state index contributed by atoms with van der Waals surface area (Å²) in [6.07, 6.45) is 0.892. The molecule has 0 atom stereocenters. The van der Waals surface area contributed by atoms with Crippen molar-refractivity contribution < 1.29 is 9.53 Å². The summed E-state index contributed by atoms with van der Waals surface area (Å²) in [7, 11) is 3.53. The first-order valence-corrected chi connectivity index (χ1v) is 5.73. The highest BCUT2D eigenvalue weighted by Crippen LogP contribution is 2.33. The quantitative estimate of drug-likeness (QED) is 0.751. The molecule has 0 heterocycles. The van der Waals surface area contributed by atoms with E-state index in [1.165, 1.54) is 5.56 Å². The summed E-state index contributed by atoms with van der Waals surface area (Å²) in [5.41, 5.74) is 2.27. The predicted octanol–water partition coefficient (Wildman–Crippen LogP) is 2.63. The van der Waals surface area contributed by atoms with Crippen molar-refractivity contribution in [2.45, 2.75) is 26.2 Å². The smallest absolute Gasteiger partial charge is 0.142 e. The molecule has 0 fully saturated rings. The Hall–Kier alpha value is -1.51. The number of carbonyl (C=O) groups excluding carboxylic acids is 1. The summed E-state index contributed by atoms with van der Waals surface area (Å²) in [6.45, 7) is 6.86. The Morgan fingerprint density at radius 3 is 2.47 bits per heavy atom. The Kier molecular flexibility index (Phi) is 4.16. The monoisotopic (exact) mass is 235 g/mol. The van der Waals surface area contributed by atoms with Crippen molar-refractivity contribution in [2.75, 3.05) is 25.6 Å². The van der Waals surface area contributed by atoms with E-state index in [4.69, 9.17) is 4.74 Å². The number of rotatable bonds is 4. The number of anilines is 1. The molecule has 0 bridgehead atoms. The zero-order chi connectivity index (χ0) is 13.1. The minimum Gasteiger partial charge on any atom is -0.495 e. The lowest BCUT2D eigenvalue weighted by Gasteiger charge is -2.24. The molecule has 17 heavy (non-hydrogen) atoms. The number of hydrogen-bond donors (Lipinski definition) is 0.